The third kappa shape index (κ3) is 4.66. The number of hydrogen-bond acceptors (Lipinski definition) is 4. The van der Waals surface area contributed by atoms with Gasteiger partial charge in [-0.3, -0.25) is 0 Å². The molecule has 0 saturated heterocycles. The van der Waals surface area contributed by atoms with Crippen molar-refractivity contribution in [1.29, 1.82) is 0 Å². The van der Waals surface area contributed by atoms with E-state index in [9.17, 15) is 13.2 Å². The SMILES string of the molecule is Cc1cc(C)c(OC(=O)c2ccc(CS(C)(=O)=O)cc2)c(C)c1. The number of aryl methyl sites for hydroxylation is 3. The van der Waals surface area contributed by atoms with Gasteiger partial charge in [0, 0.05) is 6.26 Å². The zero-order valence-corrected chi connectivity index (χ0v) is 14.5. The van der Waals surface area contributed by atoms with E-state index in [0.717, 1.165) is 16.7 Å². The second kappa shape index (κ2) is 6.54. The first-order valence-corrected chi connectivity index (χ1v) is 9.28. The molecule has 0 unspecified atom stereocenters. The molecule has 2 aromatic carbocycles. The molecule has 0 aromatic heterocycles. The highest BCUT2D eigenvalue weighted by Crippen LogP contribution is 2.25. The fourth-order valence-corrected chi connectivity index (χ4v) is 3.32. The molecule has 0 amide bonds. The number of benzene rings is 2. The van der Waals surface area contributed by atoms with E-state index in [4.69, 9.17) is 4.74 Å². The Morgan fingerprint density at radius 3 is 2.00 bits per heavy atom. The molecule has 2 aromatic rings. The number of esters is 1. The van der Waals surface area contributed by atoms with Crippen molar-refractivity contribution in [1.82, 2.24) is 0 Å². The van der Waals surface area contributed by atoms with Crippen molar-refractivity contribution in [2.24, 2.45) is 0 Å². The van der Waals surface area contributed by atoms with Gasteiger partial charge in [0.15, 0.2) is 9.84 Å². The van der Waals surface area contributed by atoms with E-state index in [1.165, 1.54) is 6.26 Å². The monoisotopic (exact) mass is 332 g/mol. The summed E-state index contributed by atoms with van der Waals surface area (Å²) in [6.45, 7) is 5.79. The molecule has 0 bridgehead atoms. The van der Waals surface area contributed by atoms with Crippen LogP contribution in [0.15, 0.2) is 36.4 Å². The molecule has 0 N–H and O–H groups in total. The maximum atomic E-state index is 12.3. The Kier molecular flexibility index (Phi) is 4.90. The maximum absolute atomic E-state index is 12.3. The molecular weight excluding hydrogens is 312 g/mol. The smallest absolute Gasteiger partial charge is 0.343 e. The van der Waals surface area contributed by atoms with Crippen molar-refractivity contribution >= 4 is 15.8 Å². The molecule has 0 fully saturated rings. The van der Waals surface area contributed by atoms with Gasteiger partial charge in [-0.25, -0.2) is 13.2 Å². The third-order valence-electron chi connectivity index (χ3n) is 3.42. The highest BCUT2D eigenvalue weighted by atomic mass is 32.2. The second-order valence-electron chi connectivity index (χ2n) is 5.88. The van der Waals surface area contributed by atoms with Gasteiger partial charge >= 0.3 is 5.97 Å². The molecule has 5 heteroatoms. The Labute approximate surface area is 137 Å². The van der Waals surface area contributed by atoms with Crippen LogP contribution in [0.25, 0.3) is 0 Å². The minimum atomic E-state index is -3.09. The summed E-state index contributed by atoms with van der Waals surface area (Å²) in [6.07, 6.45) is 1.18. The molecule has 0 spiro atoms. The lowest BCUT2D eigenvalue weighted by molar-refractivity contribution is 0.0732. The summed E-state index contributed by atoms with van der Waals surface area (Å²) < 4.78 is 28.0. The molecule has 0 atom stereocenters. The number of rotatable bonds is 4. The summed E-state index contributed by atoms with van der Waals surface area (Å²) in [5.41, 5.74) is 3.97. The summed E-state index contributed by atoms with van der Waals surface area (Å²) in [5.74, 6) is 0.0742. The van der Waals surface area contributed by atoms with Crippen LogP contribution in [0.1, 0.15) is 32.6 Å². The van der Waals surface area contributed by atoms with Crippen LogP contribution in [0.3, 0.4) is 0 Å². The number of carbonyl (C=O) groups is 1. The topological polar surface area (TPSA) is 60.4 Å². The fraction of sp³-hybridized carbons (Fsp3) is 0.278. The lowest BCUT2D eigenvalue weighted by atomic mass is 10.1. The molecular formula is C18H20O4S. The van der Waals surface area contributed by atoms with E-state index in [1.54, 1.807) is 24.3 Å². The molecule has 122 valence electrons. The van der Waals surface area contributed by atoms with Crippen LogP contribution >= 0.6 is 0 Å². The zero-order chi connectivity index (χ0) is 17.2. The number of hydrogen-bond donors (Lipinski definition) is 0. The van der Waals surface area contributed by atoms with Crippen molar-refractivity contribution < 1.29 is 17.9 Å². The molecule has 4 nitrogen and oxygen atoms in total. The van der Waals surface area contributed by atoms with E-state index >= 15 is 0 Å². The predicted molar refractivity (Wildman–Crippen MR) is 90.6 cm³/mol. The molecule has 0 aliphatic heterocycles. The van der Waals surface area contributed by atoms with Gasteiger partial charge in [0.05, 0.1) is 11.3 Å². The second-order valence-corrected chi connectivity index (χ2v) is 8.02. The first-order chi connectivity index (χ1) is 10.7. The van der Waals surface area contributed by atoms with Crippen LogP contribution in [0.5, 0.6) is 5.75 Å². The summed E-state index contributed by atoms with van der Waals surface area (Å²) in [6, 6.07) is 10.4. The Bertz CT molecular complexity index is 811. The van der Waals surface area contributed by atoms with Gasteiger partial charge in [-0.2, -0.15) is 0 Å². The minimum absolute atomic E-state index is 0.0431. The van der Waals surface area contributed by atoms with Gasteiger partial charge in [-0.15, -0.1) is 0 Å². The summed E-state index contributed by atoms with van der Waals surface area (Å²) in [4.78, 5) is 12.3. The van der Waals surface area contributed by atoms with E-state index in [-0.39, 0.29) is 5.75 Å². The molecule has 0 saturated carbocycles. The van der Waals surface area contributed by atoms with Crippen LogP contribution in [-0.2, 0) is 15.6 Å². The average molecular weight is 332 g/mol. The first-order valence-electron chi connectivity index (χ1n) is 7.22. The van der Waals surface area contributed by atoms with E-state index in [2.05, 4.69) is 0 Å². The van der Waals surface area contributed by atoms with E-state index in [0.29, 0.717) is 16.9 Å². The molecule has 2 rings (SSSR count). The fourth-order valence-electron chi connectivity index (χ4n) is 2.52. The van der Waals surface area contributed by atoms with Crippen molar-refractivity contribution in [3.63, 3.8) is 0 Å². The third-order valence-corrected chi connectivity index (χ3v) is 4.28. The lowest BCUT2D eigenvalue weighted by Crippen LogP contribution is -2.10. The van der Waals surface area contributed by atoms with Gasteiger partial charge in [-0.1, -0.05) is 29.8 Å². The summed E-state index contributed by atoms with van der Waals surface area (Å²) in [5, 5.41) is 0. The van der Waals surface area contributed by atoms with Gasteiger partial charge in [0.1, 0.15) is 5.75 Å². The van der Waals surface area contributed by atoms with Gasteiger partial charge in [-0.05, 0) is 49.6 Å². The molecule has 0 aliphatic carbocycles. The number of sulfone groups is 1. The van der Waals surface area contributed by atoms with E-state index < -0.39 is 15.8 Å². The average Bonchev–Trinajstić information content (AvgIpc) is 2.41. The maximum Gasteiger partial charge on any atom is 0.343 e. The summed E-state index contributed by atoms with van der Waals surface area (Å²) in [7, 11) is -3.09. The van der Waals surface area contributed by atoms with Gasteiger partial charge in [0.2, 0.25) is 0 Å². The van der Waals surface area contributed by atoms with Crippen molar-refractivity contribution in [3.05, 3.63) is 64.2 Å². The first kappa shape index (κ1) is 17.2. The minimum Gasteiger partial charge on any atom is -0.422 e. The van der Waals surface area contributed by atoms with Gasteiger partial charge in [0.25, 0.3) is 0 Å². The summed E-state index contributed by atoms with van der Waals surface area (Å²) >= 11 is 0. The molecule has 0 aliphatic rings. The van der Waals surface area contributed by atoms with Crippen LogP contribution < -0.4 is 4.74 Å². The Balaban J connectivity index is 2.19. The lowest BCUT2D eigenvalue weighted by Gasteiger charge is -2.12. The van der Waals surface area contributed by atoms with Crippen LogP contribution in [0, 0.1) is 20.8 Å². The van der Waals surface area contributed by atoms with Crippen molar-refractivity contribution in [2.45, 2.75) is 26.5 Å². The molecule has 0 radical (unpaired) electrons. The standard InChI is InChI=1S/C18H20O4S/c1-12-9-13(2)17(14(3)10-12)22-18(19)16-7-5-15(6-8-16)11-23(4,20)21/h5-10H,11H2,1-4H3. The van der Waals surface area contributed by atoms with Gasteiger partial charge < -0.3 is 4.74 Å². The highest BCUT2D eigenvalue weighted by Gasteiger charge is 2.13. The molecule has 0 heterocycles. The van der Waals surface area contributed by atoms with Crippen LogP contribution in [-0.4, -0.2) is 20.6 Å². The van der Waals surface area contributed by atoms with Crippen molar-refractivity contribution in [3.8, 4) is 5.75 Å². The Morgan fingerprint density at radius 1 is 1.00 bits per heavy atom. The largest absolute Gasteiger partial charge is 0.422 e. The molecule has 23 heavy (non-hydrogen) atoms. The Hall–Kier alpha value is -2.14. The quantitative estimate of drug-likeness (QED) is 0.636. The highest BCUT2D eigenvalue weighted by molar-refractivity contribution is 7.89. The van der Waals surface area contributed by atoms with Crippen LogP contribution in [0.2, 0.25) is 0 Å². The predicted octanol–water partition coefficient (Wildman–Crippen LogP) is 3.38. The number of ether oxygens (including phenoxy) is 1. The normalized spacial score (nSPS) is 11.3. The zero-order valence-electron chi connectivity index (χ0n) is 13.7. The van der Waals surface area contributed by atoms with Crippen LogP contribution in [0.4, 0.5) is 0 Å². The Morgan fingerprint density at radius 2 is 1.52 bits per heavy atom. The van der Waals surface area contributed by atoms with Crippen molar-refractivity contribution in [2.75, 3.05) is 6.26 Å². The van der Waals surface area contributed by atoms with E-state index in [1.807, 2.05) is 32.9 Å². The number of carbonyl (C=O) groups excluding carboxylic acids is 1.